The number of nitrogens with one attached hydrogen (secondary N) is 1. The molecule has 0 aliphatic rings. The van der Waals surface area contributed by atoms with E-state index in [1.807, 2.05) is 5.32 Å². The molecule has 1 amide bonds. The number of carbonyl (C=O) groups excluding carboxylic acids is 1. The minimum atomic E-state index is -1.47. The van der Waals surface area contributed by atoms with Crippen LogP contribution in [0.4, 0.5) is 14.5 Å². The van der Waals surface area contributed by atoms with Crippen LogP contribution >= 0.6 is 0 Å². The number of benzene rings is 1. The molecule has 1 atom stereocenters. The van der Waals surface area contributed by atoms with Crippen LogP contribution in [0.3, 0.4) is 0 Å². The third-order valence-electron chi connectivity index (χ3n) is 2.66. The minimum absolute atomic E-state index is 0.0958. The molecule has 0 bridgehead atoms. The van der Waals surface area contributed by atoms with E-state index >= 15 is 0 Å². The Morgan fingerprint density at radius 3 is 2.43 bits per heavy atom. The SMILES string of the molecule is CCC[C@@H](NC(=O)c1cc(F)c(F)cc1[N+](=O)[O-])C(=O)O. The number of carboxylic acid groups (broad SMARTS) is 1. The van der Waals surface area contributed by atoms with E-state index in [9.17, 15) is 28.5 Å². The van der Waals surface area contributed by atoms with Gasteiger partial charge in [-0.2, -0.15) is 0 Å². The van der Waals surface area contributed by atoms with Gasteiger partial charge < -0.3 is 10.4 Å². The van der Waals surface area contributed by atoms with Crippen LogP contribution < -0.4 is 5.32 Å². The minimum Gasteiger partial charge on any atom is -0.480 e. The molecule has 0 spiro atoms. The van der Waals surface area contributed by atoms with Crippen LogP contribution in [0.15, 0.2) is 12.1 Å². The van der Waals surface area contributed by atoms with E-state index in [0.717, 1.165) is 0 Å². The van der Waals surface area contributed by atoms with Crippen molar-refractivity contribution in [2.45, 2.75) is 25.8 Å². The molecule has 0 fully saturated rings. The Morgan fingerprint density at radius 2 is 1.95 bits per heavy atom. The highest BCUT2D eigenvalue weighted by Crippen LogP contribution is 2.22. The molecular formula is C12H12F2N2O5. The number of amides is 1. The first kappa shape index (κ1) is 16.5. The zero-order valence-electron chi connectivity index (χ0n) is 10.9. The van der Waals surface area contributed by atoms with Crippen molar-refractivity contribution in [3.8, 4) is 0 Å². The van der Waals surface area contributed by atoms with Gasteiger partial charge in [0.05, 0.1) is 11.0 Å². The van der Waals surface area contributed by atoms with Crippen LogP contribution in [-0.4, -0.2) is 27.9 Å². The van der Waals surface area contributed by atoms with Gasteiger partial charge >= 0.3 is 5.97 Å². The summed E-state index contributed by atoms with van der Waals surface area (Å²) in [6.45, 7) is 1.68. The normalized spacial score (nSPS) is 11.8. The standard InChI is InChI=1S/C12H12F2N2O5/c1-2-3-9(12(18)19)15-11(17)6-4-7(13)8(14)5-10(6)16(20)21/h4-5,9H,2-3H2,1H3,(H,15,17)(H,18,19)/t9-/m1/s1. The molecule has 114 valence electrons. The maximum atomic E-state index is 13.1. The molecule has 0 aliphatic heterocycles. The third kappa shape index (κ3) is 3.94. The van der Waals surface area contributed by atoms with E-state index in [1.54, 1.807) is 6.92 Å². The van der Waals surface area contributed by atoms with Crippen LogP contribution in [0, 0.1) is 21.7 Å². The number of nitro groups is 1. The molecule has 0 saturated heterocycles. The quantitative estimate of drug-likeness (QED) is 0.615. The average Bonchev–Trinajstić information content (AvgIpc) is 2.40. The first-order chi connectivity index (χ1) is 9.77. The fraction of sp³-hybridized carbons (Fsp3) is 0.333. The fourth-order valence-corrected chi connectivity index (χ4v) is 1.65. The van der Waals surface area contributed by atoms with Gasteiger partial charge in [-0.15, -0.1) is 0 Å². The number of carboxylic acids is 1. The summed E-state index contributed by atoms with van der Waals surface area (Å²) in [5, 5.41) is 21.7. The largest absolute Gasteiger partial charge is 0.480 e. The zero-order chi connectivity index (χ0) is 16.2. The molecule has 7 nitrogen and oxygen atoms in total. The van der Waals surface area contributed by atoms with Crippen molar-refractivity contribution in [1.82, 2.24) is 5.32 Å². The number of halogens is 2. The van der Waals surface area contributed by atoms with Gasteiger partial charge in [0.1, 0.15) is 11.6 Å². The monoisotopic (exact) mass is 302 g/mol. The predicted molar refractivity (Wildman–Crippen MR) is 66.8 cm³/mol. The average molecular weight is 302 g/mol. The molecule has 1 aromatic carbocycles. The van der Waals surface area contributed by atoms with Crippen molar-refractivity contribution in [1.29, 1.82) is 0 Å². The number of carbonyl (C=O) groups is 2. The molecule has 0 unspecified atom stereocenters. The highest BCUT2D eigenvalue weighted by atomic mass is 19.2. The first-order valence-electron chi connectivity index (χ1n) is 5.95. The van der Waals surface area contributed by atoms with Crippen molar-refractivity contribution in [3.63, 3.8) is 0 Å². The van der Waals surface area contributed by atoms with Gasteiger partial charge in [-0.25, -0.2) is 13.6 Å². The lowest BCUT2D eigenvalue weighted by atomic mass is 10.1. The number of aliphatic carboxylic acids is 1. The molecule has 1 aromatic rings. The topological polar surface area (TPSA) is 110 Å². The van der Waals surface area contributed by atoms with Crippen molar-refractivity contribution in [3.05, 3.63) is 39.4 Å². The summed E-state index contributed by atoms with van der Waals surface area (Å²) in [6.07, 6.45) is 0.537. The summed E-state index contributed by atoms with van der Waals surface area (Å²) in [5.74, 6) is -5.38. The molecule has 2 N–H and O–H groups in total. The lowest BCUT2D eigenvalue weighted by molar-refractivity contribution is -0.385. The number of nitrogens with zero attached hydrogens (tertiary/aromatic N) is 1. The van der Waals surface area contributed by atoms with Crippen molar-refractivity contribution in [2.75, 3.05) is 0 Å². The van der Waals surface area contributed by atoms with Gasteiger partial charge in [0.2, 0.25) is 0 Å². The Balaban J connectivity index is 3.14. The predicted octanol–water partition coefficient (Wildman–Crippen LogP) is 1.86. The maximum Gasteiger partial charge on any atom is 0.326 e. The number of hydrogen-bond acceptors (Lipinski definition) is 4. The van der Waals surface area contributed by atoms with Crippen LogP contribution in [0.1, 0.15) is 30.1 Å². The highest BCUT2D eigenvalue weighted by molar-refractivity contribution is 6.00. The Morgan fingerprint density at radius 1 is 1.38 bits per heavy atom. The van der Waals surface area contributed by atoms with E-state index < -0.39 is 45.7 Å². The molecule has 0 radical (unpaired) electrons. The van der Waals surface area contributed by atoms with Crippen LogP contribution in [0.5, 0.6) is 0 Å². The van der Waals surface area contributed by atoms with E-state index in [1.165, 1.54) is 0 Å². The molecule has 0 aliphatic carbocycles. The summed E-state index contributed by atoms with van der Waals surface area (Å²) in [7, 11) is 0. The van der Waals surface area contributed by atoms with Gasteiger partial charge in [0.15, 0.2) is 11.6 Å². The van der Waals surface area contributed by atoms with E-state index in [0.29, 0.717) is 12.5 Å². The zero-order valence-corrected chi connectivity index (χ0v) is 10.9. The second-order valence-electron chi connectivity index (χ2n) is 4.19. The summed E-state index contributed by atoms with van der Waals surface area (Å²) in [5.41, 5.74) is -1.67. The summed E-state index contributed by atoms with van der Waals surface area (Å²) in [6, 6.07) is -0.622. The van der Waals surface area contributed by atoms with Crippen LogP contribution in [-0.2, 0) is 4.79 Å². The van der Waals surface area contributed by atoms with E-state index in [4.69, 9.17) is 5.11 Å². The lowest BCUT2D eigenvalue weighted by Crippen LogP contribution is -2.40. The summed E-state index contributed by atoms with van der Waals surface area (Å²) in [4.78, 5) is 32.5. The van der Waals surface area contributed by atoms with E-state index in [-0.39, 0.29) is 12.5 Å². The fourth-order valence-electron chi connectivity index (χ4n) is 1.65. The van der Waals surface area contributed by atoms with Gasteiger partial charge in [0.25, 0.3) is 11.6 Å². The highest BCUT2D eigenvalue weighted by Gasteiger charge is 2.27. The van der Waals surface area contributed by atoms with Crippen LogP contribution in [0.25, 0.3) is 0 Å². The second-order valence-corrected chi connectivity index (χ2v) is 4.19. The maximum absolute atomic E-state index is 13.1. The van der Waals surface area contributed by atoms with Crippen molar-refractivity contribution < 1.29 is 28.4 Å². The Bertz CT molecular complexity index is 591. The molecule has 0 aromatic heterocycles. The number of rotatable bonds is 6. The van der Waals surface area contributed by atoms with Gasteiger partial charge in [-0.3, -0.25) is 14.9 Å². The summed E-state index contributed by atoms with van der Waals surface area (Å²) < 4.78 is 26.1. The Labute approximate surface area is 117 Å². The molecule has 1 rings (SSSR count). The van der Waals surface area contributed by atoms with Crippen molar-refractivity contribution >= 4 is 17.6 Å². The lowest BCUT2D eigenvalue weighted by Gasteiger charge is -2.13. The molecule has 0 heterocycles. The second kappa shape index (κ2) is 6.73. The Hall–Kier alpha value is -2.58. The molecule has 21 heavy (non-hydrogen) atoms. The first-order valence-corrected chi connectivity index (χ1v) is 5.95. The summed E-state index contributed by atoms with van der Waals surface area (Å²) >= 11 is 0. The number of nitro benzene ring substituents is 1. The van der Waals surface area contributed by atoms with Gasteiger partial charge in [0, 0.05) is 0 Å². The van der Waals surface area contributed by atoms with E-state index in [2.05, 4.69) is 0 Å². The van der Waals surface area contributed by atoms with Gasteiger partial charge in [-0.1, -0.05) is 13.3 Å². The molecule has 0 saturated carbocycles. The molecular weight excluding hydrogens is 290 g/mol. The third-order valence-corrected chi connectivity index (χ3v) is 2.66. The Kier molecular flexibility index (Phi) is 5.28. The van der Waals surface area contributed by atoms with Crippen molar-refractivity contribution in [2.24, 2.45) is 0 Å². The number of hydrogen-bond donors (Lipinski definition) is 2. The van der Waals surface area contributed by atoms with Gasteiger partial charge in [-0.05, 0) is 12.5 Å². The molecule has 9 heteroatoms. The smallest absolute Gasteiger partial charge is 0.326 e. The van der Waals surface area contributed by atoms with Crippen LogP contribution in [0.2, 0.25) is 0 Å².